The molecule has 0 aliphatic rings. The third kappa shape index (κ3) is 4.22. The molecule has 0 atom stereocenters. The summed E-state index contributed by atoms with van der Waals surface area (Å²) in [6, 6.07) is 13.9. The van der Waals surface area contributed by atoms with Crippen molar-refractivity contribution in [2.45, 2.75) is 12.9 Å². The minimum Gasteiger partial charge on any atom is -0.451 e. The maximum atomic E-state index is 12.4. The highest BCUT2D eigenvalue weighted by Crippen LogP contribution is 2.28. The number of nitrogen functional groups attached to an aromatic ring is 1. The van der Waals surface area contributed by atoms with Crippen molar-refractivity contribution >= 4 is 22.6 Å². The van der Waals surface area contributed by atoms with E-state index in [9.17, 15) is 18.0 Å². The monoisotopic (exact) mass is 416 g/mol. The zero-order chi connectivity index (χ0) is 21.3. The average molecular weight is 416 g/mol. The summed E-state index contributed by atoms with van der Waals surface area (Å²) >= 11 is 0. The van der Waals surface area contributed by atoms with E-state index in [1.807, 2.05) is 0 Å². The number of H-pyrrole nitrogens is 1. The fourth-order valence-electron chi connectivity index (χ4n) is 2.92. The van der Waals surface area contributed by atoms with E-state index in [4.69, 9.17) is 10.2 Å². The maximum absolute atomic E-state index is 12.4. The molecule has 154 valence electrons. The van der Waals surface area contributed by atoms with Crippen LogP contribution in [0.3, 0.4) is 0 Å². The highest BCUT2D eigenvalue weighted by molar-refractivity contribution is 5.93. The topological polar surface area (TPSA) is 106 Å². The Labute approximate surface area is 167 Å². The van der Waals surface area contributed by atoms with Crippen LogP contribution in [0.5, 0.6) is 5.75 Å². The van der Waals surface area contributed by atoms with Crippen molar-refractivity contribution in [1.29, 1.82) is 0 Å². The van der Waals surface area contributed by atoms with Crippen molar-refractivity contribution in [3.8, 4) is 17.1 Å². The lowest BCUT2D eigenvalue weighted by Crippen LogP contribution is -2.22. The van der Waals surface area contributed by atoms with Crippen LogP contribution in [-0.4, -0.2) is 22.5 Å². The van der Waals surface area contributed by atoms with E-state index < -0.39 is 12.3 Å². The van der Waals surface area contributed by atoms with Crippen molar-refractivity contribution in [1.82, 2.24) is 15.5 Å². The lowest BCUT2D eigenvalue weighted by Gasteiger charge is -2.10. The summed E-state index contributed by atoms with van der Waals surface area (Å²) in [7, 11) is 0. The number of carbonyl (C=O) groups is 1. The lowest BCUT2D eigenvalue weighted by atomic mass is 10.1. The smallest absolute Gasteiger partial charge is 0.451 e. The number of nitrogens with zero attached hydrogens (tertiary/aromatic N) is 1. The highest BCUT2D eigenvalue weighted by Gasteiger charge is 2.31. The number of benzene rings is 2. The first kappa shape index (κ1) is 19.4. The van der Waals surface area contributed by atoms with Gasteiger partial charge in [-0.1, -0.05) is 12.1 Å². The minimum absolute atomic E-state index is 0.00142. The molecule has 7 nitrogen and oxygen atoms in total. The third-order valence-electron chi connectivity index (χ3n) is 4.29. The van der Waals surface area contributed by atoms with E-state index in [1.165, 1.54) is 24.3 Å². The molecule has 2 heterocycles. The number of nitrogens with two attached hydrogens (primary N) is 1. The molecule has 0 aliphatic carbocycles. The molecule has 4 rings (SSSR count). The van der Waals surface area contributed by atoms with Gasteiger partial charge in [0.1, 0.15) is 11.5 Å². The molecule has 0 aliphatic heterocycles. The highest BCUT2D eigenvalue weighted by atomic mass is 19.4. The SMILES string of the molecule is Nc1n[nH]c2ccc(-c3ccc(C(=O)NCc4cccc(OC(F)(F)F)c4)o3)cc12. The molecule has 4 aromatic rings. The maximum Gasteiger partial charge on any atom is 0.573 e. The van der Waals surface area contributed by atoms with E-state index in [1.54, 1.807) is 30.3 Å². The van der Waals surface area contributed by atoms with Gasteiger partial charge >= 0.3 is 6.36 Å². The molecule has 0 bridgehead atoms. The molecule has 0 spiro atoms. The number of alkyl halides is 3. The summed E-state index contributed by atoms with van der Waals surface area (Å²) < 4.78 is 46.5. The first-order chi connectivity index (χ1) is 14.3. The van der Waals surface area contributed by atoms with Crippen LogP contribution >= 0.6 is 0 Å². The van der Waals surface area contributed by atoms with Crippen LogP contribution in [0.15, 0.2) is 59.0 Å². The number of carbonyl (C=O) groups excluding carboxylic acids is 1. The number of halogens is 3. The van der Waals surface area contributed by atoms with Crippen molar-refractivity contribution in [2.24, 2.45) is 0 Å². The van der Waals surface area contributed by atoms with Gasteiger partial charge in [-0.05, 0) is 48.0 Å². The molecule has 0 saturated heterocycles. The Balaban J connectivity index is 1.44. The fourth-order valence-corrected chi connectivity index (χ4v) is 2.92. The number of amides is 1. The molecule has 0 saturated carbocycles. The van der Waals surface area contributed by atoms with E-state index in [0.717, 1.165) is 10.9 Å². The molecule has 10 heteroatoms. The molecular weight excluding hydrogens is 401 g/mol. The van der Waals surface area contributed by atoms with Gasteiger partial charge in [0.05, 0.1) is 5.52 Å². The molecule has 2 aromatic heterocycles. The van der Waals surface area contributed by atoms with Crippen molar-refractivity contribution < 1.29 is 27.1 Å². The van der Waals surface area contributed by atoms with E-state index in [2.05, 4.69) is 20.3 Å². The summed E-state index contributed by atoms with van der Waals surface area (Å²) in [5, 5.41) is 10.1. The molecule has 0 unspecified atom stereocenters. The second-order valence-corrected chi connectivity index (χ2v) is 6.41. The quantitative estimate of drug-likeness (QED) is 0.451. The van der Waals surface area contributed by atoms with Gasteiger partial charge in [0.2, 0.25) is 0 Å². The number of anilines is 1. The Kier molecular flexibility index (Phi) is 4.82. The Morgan fingerprint density at radius 1 is 1.17 bits per heavy atom. The van der Waals surface area contributed by atoms with Crippen LogP contribution in [-0.2, 0) is 6.54 Å². The summed E-state index contributed by atoms with van der Waals surface area (Å²) in [6.07, 6.45) is -4.78. The van der Waals surface area contributed by atoms with Crippen molar-refractivity contribution in [2.75, 3.05) is 5.73 Å². The lowest BCUT2D eigenvalue weighted by molar-refractivity contribution is -0.274. The second kappa shape index (κ2) is 7.47. The number of nitrogens with one attached hydrogen (secondary N) is 2. The molecule has 0 radical (unpaired) electrons. The second-order valence-electron chi connectivity index (χ2n) is 6.41. The van der Waals surface area contributed by atoms with Gasteiger partial charge in [0.25, 0.3) is 5.91 Å². The van der Waals surface area contributed by atoms with Crippen LogP contribution in [0.25, 0.3) is 22.2 Å². The van der Waals surface area contributed by atoms with E-state index >= 15 is 0 Å². The number of furan rings is 1. The Hall–Kier alpha value is -3.95. The van der Waals surface area contributed by atoms with E-state index in [-0.39, 0.29) is 18.1 Å². The van der Waals surface area contributed by atoms with Gasteiger partial charge in [-0.15, -0.1) is 13.2 Å². The fraction of sp³-hybridized carbons (Fsp3) is 0.100. The van der Waals surface area contributed by atoms with Crippen LogP contribution in [0.2, 0.25) is 0 Å². The molecule has 0 fully saturated rings. The van der Waals surface area contributed by atoms with Crippen LogP contribution < -0.4 is 15.8 Å². The molecule has 4 N–H and O–H groups in total. The summed E-state index contributed by atoms with van der Waals surface area (Å²) in [5.41, 5.74) is 7.74. The van der Waals surface area contributed by atoms with Crippen LogP contribution in [0, 0.1) is 0 Å². The van der Waals surface area contributed by atoms with Gasteiger partial charge in [-0.25, -0.2) is 0 Å². The predicted molar refractivity (Wildman–Crippen MR) is 103 cm³/mol. The van der Waals surface area contributed by atoms with Gasteiger partial charge in [-0.3, -0.25) is 9.89 Å². The summed E-state index contributed by atoms with van der Waals surface area (Å²) in [4.78, 5) is 12.4. The minimum atomic E-state index is -4.78. The number of fused-ring (bicyclic) bond motifs is 1. The number of rotatable bonds is 5. The number of ether oxygens (including phenoxy) is 1. The summed E-state index contributed by atoms with van der Waals surface area (Å²) in [5.74, 6) is 0.0139. The summed E-state index contributed by atoms with van der Waals surface area (Å²) in [6.45, 7) is 0.00142. The van der Waals surface area contributed by atoms with Crippen molar-refractivity contribution in [3.63, 3.8) is 0 Å². The van der Waals surface area contributed by atoms with Gasteiger partial charge < -0.3 is 20.2 Å². The standard InChI is InChI=1S/C20H15F3N4O3/c21-20(22,23)30-13-3-1-2-11(8-13)10-25-19(28)17-7-6-16(29-17)12-4-5-15-14(9-12)18(24)27-26-15/h1-9H,10H2,(H,25,28)(H3,24,26,27). The number of aromatic amines is 1. The molecule has 1 amide bonds. The van der Waals surface area contributed by atoms with E-state index in [0.29, 0.717) is 22.7 Å². The molecular formula is C20H15F3N4O3. The van der Waals surface area contributed by atoms with Crippen molar-refractivity contribution in [3.05, 3.63) is 65.9 Å². The Morgan fingerprint density at radius 2 is 2.00 bits per heavy atom. The third-order valence-corrected chi connectivity index (χ3v) is 4.29. The van der Waals surface area contributed by atoms with Crippen LogP contribution in [0.1, 0.15) is 16.1 Å². The normalized spacial score (nSPS) is 11.6. The Morgan fingerprint density at radius 3 is 2.80 bits per heavy atom. The van der Waals surface area contributed by atoms with Crippen LogP contribution in [0.4, 0.5) is 19.0 Å². The number of hydrogen-bond acceptors (Lipinski definition) is 5. The zero-order valence-electron chi connectivity index (χ0n) is 15.3. The zero-order valence-corrected chi connectivity index (χ0v) is 15.3. The average Bonchev–Trinajstić information content (AvgIpc) is 3.32. The molecule has 2 aromatic carbocycles. The number of aromatic nitrogens is 2. The first-order valence-corrected chi connectivity index (χ1v) is 8.75. The van der Waals surface area contributed by atoms with Gasteiger partial charge in [0, 0.05) is 17.5 Å². The predicted octanol–water partition coefficient (Wildman–Crippen LogP) is 4.23. The number of hydrogen-bond donors (Lipinski definition) is 3. The van der Waals surface area contributed by atoms with Gasteiger partial charge in [0.15, 0.2) is 11.6 Å². The largest absolute Gasteiger partial charge is 0.573 e. The molecule has 30 heavy (non-hydrogen) atoms. The first-order valence-electron chi connectivity index (χ1n) is 8.75. The van der Waals surface area contributed by atoms with Gasteiger partial charge in [-0.2, -0.15) is 5.10 Å². The Bertz CT molecular complexity index is 1210.